The Kier molecular flexibility index (Phi) is 4.29. The zero-order chi connectivity index (χ0) is 14.7. The first kappa shape index (κ1) is 14.4. The number of nitrogens with zero attached hydrogens (tertiary/aromatic N) is 2. The number of urea groups is 1. The zero-order valence-corrected chi connectivity index (χ0v) is 12.4. The lowest BCUT2D eigenvalue weighted by molar-refractivity contribution is 0.249. The Labute approximate surface area is 122 Å². The largest absolute Gasteiger partial charge is 0.331 e. The molecule has 2 amide bonds. The van der Waals surface area contributed by atoms with Crippen molar-refractivity contribution in [3.05, 3.63) is 46.7 Å². The number of halogens is 1. The summed E-state index contributed by atoms with van der Waals surface area (Å²) in [7, 11) is 1.86. The second-order valence-electron chi connectivity index (χ2n) is 4.67. The monoisotopic (exact) mass is 292 g/mol. The molecule has 0 aliphatic carbocycles. The molecule has 0 aliphatic heterocycles. The molecule has 0 saturated heterocycles. The standard InChI is InChI=1S/C14H17ClN4O/c1-9(13-8-19(3)18-10(13)2)16-14(20)17-12-6-4-11(15)5-7-12/h4-9H,1-3H3,(H2,16,17,20). The first-order valence-electron chi connectivity index (χ1n) is 6.29. The number of carbonyl (C=O) groups excluding carboxylic acids is 1. The van der Waals surface area contributed by atoms with Gasteiger partial charge in [-0.2, -0.15) is 5.10 Å². The summed E-state index contributed by atoms with van der Waals surface area (Å²) in [6.45, 7) is 3.84. The topological polar surface area (TPSA) is 59.0 Å². The van der Waals surface area contributed by atoms with E-state index < -0.39 is 0 Å². The number of carbonyl (C=O) groups is 1. The third-order valence-corrected chi connectivity index (χ3v) is 3.22. The minimum atomic E-state index is -0.261. The van der Waals surface area contributed by atoms with Gasteiger partial charge in [-0.25, -0.2) is 4.79 Å². The molecular weight excluding hydrogens is 276 g/mol. The maximum absolute atomic E-state index is 11.9. The SMILES string of the molecule is Cc1nn(C)cc1C(C)NC(=O)Nc1ccc(Cl)cc1. The summed E-state index contributed by atoms with van der Waals surface area (Å²) in [6, 6.07) is 6.58. The third-order valence-electron chi connectivity index (χ3n) is 2.97. The zero-order valence-electron chi connectivity index (χ0n) is 11.6. The molecule has 0 spiro atoms. The van der Waals surface area contributed by atoms with Crippen LogP contribution in [0.4, 0.5) is 10.5 Å². The molecule has 0 aliphatic rings. The highest BCUT2D eigenvalue weighted by Gasteiger charge is 2.14. The van der Waals surface area contributed by atoms with Crippen molar-refractivity contribution in [2.75, 3.05) is 5.32 Å². The summed E-state index contributed by atoms with van der Waals surface area (Å²) in [4.78, 5) is 11.9. The molecule has 0 saturated carbocycles. The number of aryl methyl sites for hydroxylation is 2. The Morgan fingerprint density at radius 3 is 2.55 bits per heavy atom. The first-order valence-corrected chi connectivity index (χ1v) is 6.66. The van der Waals surface area contributed by atoms with Crippen molar-refractivity contribution < 1.29 is 4.79 Å². The van der Waals surface area contributed by atoms with Crippen LogP contribution in [0.25, 0.3) is 0 Å². The molecule has 2 N–H and O–H groups in total. The van der Waals surface area contributed by atoms with Gasteiger partial charge in [0.15, 0.2) is 0 Å². The fourth-order valence-electron chi connectivity index (χ4n) is 2.02. The summed E-state index contributed by atoms with van der Waals surface area (Å²) in [5, 5.41) is 10.5. The van der Waals surface area contributed by atoms with E-state index in [0.717, 1.165) is 11.3 Å². The van der Waals surface area contributed by atoms with Gasteiger partial charge in [-0.1, -0.05) is 11.6 Å². The van der Waals surface area contributed by atoms with Crippen molar-refractivity contribution in [2.45, 2.75) is 19.9 Å². The van der Waals surface area contributed by atoms with Crippen molar-refractivity contribution in [1.82, 2.24) is 15.1 Å². The van der Waals surface area contributed by atoms with Crippen LogP contribution in [0.2, 0.25) is 5.02 Å². The van der Waals surface area contributed by atoms with Gasteiger partial charge >= 0.3 is 6.03 Å². The molecule has 6 heteroatoms. The average molecular weight is 293 g/mol. The molecule has 5 nitrogen and oxygen atoms in total. The van der Waals surface area contributed by atoms with Gasteiger partial charge in [0.2, 0.25) is 0 Å². The Hall–Kier alpha value is -2.01. The molecule has 2 aromatic rings. The van der Waals surface area contributed by atoms with Crippen molar-refractivity contribution in [3.8, 4) is 0 Å². The van der Waals surface area contributed by atoms with E-state index in [1.54, 1.807) is 28.9 Å². The number of nitrogens with one attached hydrogen (secondary N) is 2. The molecule has 1 aromatic heterocycles. The van der Waals surface area contributed by atoms with E-state index >= 15 is 0 Å². The van der Waals surface area contributed by atoms with Crippen molar-refractivity contribution in [1.29, 1.82) is 0 Å². The predicted molar refractivity (Wildman–Crippen MR) is 80.0 cm³/mol. The second kappa shape index (κ2) is 5.96. The number of anilines is 1. The van der Waals surface area contributed by atoms with Gasteiger partial charge in [0, 0.05) is 29.5 Å². The minimum absolute atomic E-state index is 0.115. The van der Waals surface area contributed by atoms with Crippen LogP contribution in [0.1, 0.15) is 24.2 Å². The molecule has 1 atom stereocenters. The van der Waals surface area contributed by atoms with Gasteiger partial charge in [-0.3, -0.25) is 4.68 Å². The molecule has 0 bridgehead atoms. The van der Waals surface area contributed by atoms with Crippen LogP contribution in [0, 0.1) is 6.92 Å². The Balaban J connectivity index is 1.97. The quantitative estimate of drug-likeness (QED) is 0.912. The number of amides is 2. The molecule has 1 heterocycles. The lowest BCUT2D eigenvalue weighted by atomic mass is 10.1. The number of benzene rings is 1. The first-order chi connectivity index (χ1) is 9.45. The summed E-state index contributed by atoms with van der Waals surface area (Å²) < 4.78 is 1.74. The number of hydrogen-bond acceptors (Lipinski definition) is 2. The van der Waals surface area contributed by atoms with Crippen LogP contribution in [0.5, 0.6) is 0 Å². The maximum atomic E-state index is 11.9. The number of rotatable bonds is 3. The minimum Gasteiger partial charge on any atom is -0.331 e. The molecule has 1 aromatic carbocycles. The predicted octanol–water partition coefficient (Wildman–Crippen LogP) is 3.26. The van der Waals surface area contributed by atoms with E-state index in [4.69, 9.17) is 11.6 Å². The highest BCUT2D eigenvalue weighted by Crippen LogP contribution is 2.16. The van der Waals surface area contributed by atoms with Gasteiger partial charge in [-0.05, 0) is 38.1 Å². The fraction of sp³-hybridized carbons (Fsp3) is 0.286. The maximum Gasteiger partial charge on any atom is 0.319 e. The van der Waals surface area contributed by atoms with Crippen LogP contribution >= 0.6 is 11.6 Å². The molecule has 0 fully saturated rings. The smallest absolute Gasteiger partial charge is 0.319 e. The van der Waals surface area contributed by atoms with E-state index in [-0.39, 0.29) is 12.1 Å². The second-order valence-corrected chi connectivity index (χ2v) is 5.11. The van der Waals surface area contributed by atoms with Crippen molar-refractivity contribution >= 4 is 23.3 Å². The lowest BCUT2D eigenvalue weighted by Gasteiger charge is -2.14. The Morgan fingerprint density at radius 1 is 1.35 bits per heavy atom. The van der Waals surface area contributed by atoms with Gasteiger partial charge in [0.1, 0.15) is 0 Å². The van der Waals surface area contributed by atoms with Gasteiger partial charge in [0.05, 0.1) is 11.7 Å². The molecule has 106 valence electrons. The summed E-state index contributed by atoms with van der Waals surface area (Å²) in [5.41, 5.74) is 2.60. The van der Waals surface area contributed by atoms with Crippen molar-refractivity contribution in [3.63, 3.8) is 0 Å². The molecule has 1 unspecified atom stereocenters. The Morgan fingerprint density at radius 2 is 2.00 bits per heavy atom. The van der Waals surface area contributed by atoms with Gasteiger partial charge in [0.25, 0.3) is 0 Å². The summed E-state index contributed by atoms with van der Waals surface area (Å²) in [5.74, 6) is 0. The summed E-state index contributed by atoms with van der Waals surface area (Å²) in [6.07, 6.45) is 1.91. The Bertz CT molecular complexity index is 606. The van der Waals surface area contributed by atoms with E-state index in [2.05, 4.69) is 15.7 Å². The van der Waals surface area contributed by atoms with Crippen LogP contribution in [0.3, 0.4) is 0 Å². The third kappa shape index (κ3) is 3.51. The van der Waals surface area contributed by atoms with Crippen LogP contribution in [0.15, 0.2) is 30.5 Å². The molecular formula is C14H17ClN4O. The normalized spacial score (nSPS) is 12.0. The number of hydrogen-bond donors (Lipinski definition) is 2. The van der Waals surface area contributed by atoms with Crippen LogP contribution < -0.4 is 10.6 Å². The molecule has 20 heavy (non-hydrogen) atoms. The molecule has 2 rings (SSSR count). The van der Waals surface area contributed by atoms with Crippen LogP contribution in [-0.2, 0) is 7.05 Å². The van der Waals surface area contributed by atoms with Crippen molar-refractivity contribution in [2.24, 2.45) is 7.05 Å². The highest BCUT2D eigenvalue weighted by molar-refractivity contribution is 6.30. The van der Waals surface area contributed by atoms with Gasteiger partial charge < -0.3 is 10.6 Å². The lowest BCUT2D eigenvalue weighted by Crippen LogP contribution is -2.31. The van der Waals surface area contributed by atoms with E-state index in [1.807, 2.05) is 27.1 Å². The van der Waals surface area contributed by atoms with Crippen LogP contribution in [-0.4, -0.2) is 15.8 Å². The van der Waals surface area contributed by atoms with E-state index in [0.29, 0.717) is 10.7 Å². The number of aromatic nitrogens is 2. The molecule has 0 radical (unpaired) electrons. The van der Waals surface area contributed by atoms with Gasteiger partial charge in [-0.15, -0.1) is 0 Å². The fourth-order valence-corrected chi connectivity index (χ4v) is 2.14. The average Bonchev–Trinajstić information content (AvgIpc) is 2.71. The summed E-state index contributed by atoms with van der Waals surface area (Å²) >= 11 is 5.79. The van der Waals surface area contributed by atoms with E-state index in [9.17, 15) is 4.79 Å². The van der Waals surface area contributed by atoms with E-state index in [1.165, 1.54) is 0 Å². The highest BCUT2D eigenvalue weighted by atomic mass is 35.5.